The van der Waals surface area contributed by atoms with Gasteiger partial charge in [-0.1, -0.05) is 0 Å². The van der Waals surface area contributed by atoms with Crippen LogP contribution in [0.4, 0.5) is 5.88 Å². The highest BCUT2D eigenvalue weighted by Crippen LogP contribution is 2.10. The summed E-state index contributed by atoms with van der Waals surface area (Å²) in [7, 11) is 0. The van der Waals surface area contributed by atoms with Crippen LogP contribution in [0.2, 0.25) is 0 Å². The second-order valence-corrected chi connectivity index (χ2v) is 1.47. The van der Waals surface area contributed by atoms with Gasteiger partial charge in [0.25, 0.3) is 0 Å². The summed E-state index contributed by atoms with van der Waals surface area (Å²) < 4.78 is 4.67. The van der Waals surface area contributed by atoms with Crippen molar-refractivity contribution < 1.29 is 9.52 Å². The molecule has 3 N–H and O–H groups in total. The standard InChI is InChI=1S/C5H7NO2/c6-5-4(3-7)1-2-8-5/h1-2,7H,3,6H2. The van der Waals surface area contributed by atoms with Crippen molar-refractivity contribution in [1.82, 2.24) is 0 Å². The van der Waals surface area contributed by atoms with E-state index in [1.54, 1.807) is 6.07 Å². The minimum absolute atomic E-state index is 0.0532. The lowest BCUT2D eigenvalue weighted by Crippen LogP contribution is -1.87. The Morgan fingerprint density at radius 3 is 2.75 bits per heavy atom. The SMILES string of the molecule is Nc1occc1CO. The normalized spacial score (nSPS) is 9.62. The first-order chi connectivity index (χ1) is 3.84. The second-order valence-electron chi connectivity index (χ2n) is 1.47. The van der Waals surface area contributed by atoms with E-state index in [-0.39, 0.29) is 6.61 Å². The van der Waals surface area contributed by atoms with Gasteiger partial charge in [-0.2, -0.15) is 0 Å². The predicted molar refractivity (Wildman–Crippen MR) is 29.0 cm³/mol. The lowest BCUT2D eigenvalue weighted by Gasteiger charge is -1.86. The van der Waals surface area contributed by atoms with Gasteiger partial charge in [0, 0.05) is 5.56 Å². The molecule has 44 valence electrons. The number of aliphatic hydroxyl groups excluding tert-OH is 1. The van der Waals surface area contributed by atoms with Crippen LogP contribution in [-0.4, -0.2) is 5.11 Å². The molecule has 1 aromatic rings. The monoisotopic (exact) mass is 113 g/mol. The molecule has 0 unspecified atom stereocenters. The lowest BCUT2D eigenvalue weighted by atomic mass is 10.3. The Hall–Kier alpha value is -0.960. The van der Waals surface area contributed by atoms with Gasteiger partial charge in [0.2, 0.25) is 0 Å². The van der Waals surface area contributed by atoms with Crippen LogP contribution in [0.1, 0.15) is 5.56 Å². The average Bonchev–Trinajstić information content (AvgIpc) is 2.14. The molecule has 0 radical (unpaired) electrons. The summed E-state index contributed by atoms with van der Waals surface area (Å²) >= 11 is 0. The molecule has 0 aromatic carbocycles. The molecule has 3 nitrogen and oxygen atoms in total. The Labute approximate surface area is 46.7 Å². The van der Waals surface area contributed by atoms with Crippen molar-refractivity contribution in [2.75, 3.05) is 5.73 Å². The number of aliphatic hydroxyl groups is 1. The van der Waals surface area contributed by atoms with E-state index in [0.717, 1.165) is 0 Å². The van der Waals surface area contributed by atoms with Gasteiger partial charge in [0.15, 0.2) is 5.88 Å². The van der Waals surface area contributed by atoms with Gasteiger partial charge < -0.3 is 15.3 Å². The van der Waals surface area contributed by atoms with Crippen molar-refractivity contribution in [2.45, 2.75) is 6.61 Å². The van der Waals surface area contributed by atoms with E-state index in [9.17, 15) is 0 Å². The topological polar surface area (TPSA) is 59.4 Å². The molecule has 0 fully saturated rings. The van der Waals surface area contributed by atoms with Gasteiger partial charge in [-0.3, -0.25) is 0 Å². The number of furan rings is 1. The first kappa shape index (κ1) is 5.18. The Morgan fingerprint density at radius 1 is 1.75 bits per heavy atom. The molecule has 8 heavy (non-hydrogen) atoms. The van der Waals surface area contributed by atoms with Crippen LogP contribution in [0.15, 0.2) is 16.7 Å². The van der Waals surface area contributed by atoms with Crippen LogP contribution in [0.25, 0.3) is 0 Å². The zero-order valence-electron chi connectivity index (χ0n) is 4.29. The zero-order valence-corrected chi connectivity index (χ0v) is 4.29. The fourth-order valence-electron chi connectivity index (χ4n) is 0.478. The van der Waals surface area contributed by atoms with E-state index in [2.05, 4.69) is 4.42 Å². The number of nitrogen functional groups attached to an aromatic ring is 1. The van der Waals surface area contributed by atoms with Gasteiger partial charge in [0.05, 0.1) is 12.9 Å². The van der Waals surface area contributed by atoms with Crippen LogP contribution in [0.5, 0.6) is 0 Å². The molecule has 0 aliphatic carbocycles. The molecule has 1 rings (SSSR count). The fourth-order valence-corrected chi connectivity index (χ4v) is 0.478. The Balaban J connectivity index is 2.92. The second kappa shape index (κ2) is 1.88. The molecule has 0 spiro atoms. The first-order valence-electron chi connectivity index (χ1n) is 2.27. The predicted octanol–water partition coefficient (Wildman–Crippen LogP) is 0.354. The van der Waals surface area contributed by atoms with E-state index in [1.807, 2.05) is 0 Å². The molecule has 0 amide bonds. The van der Waals surface area contributed by atoms with Crippen molar-refractivity contribution in [3.8, 4) is 0 Å². The van der Waals surface area contributed by atoms with Gasteiger partial charge >= 0.3 is 0 Å². The molecule has 0 aliphatic rings. The number of nitrogens with two attached hydrogens (primary N) is 1. The van der Waals surface area contributed by atoms with E-state index in [4.69, 9.17) is 10.8 Å². The maximum absolute atomic E-state index is 8.47. The summed E-state index contributed by atoms with van der Waals surface area (Å²) in [5.74, 6) is 0.299. The number of hydrogen-bond donors (Lipinski definition) is 2. The summed E-state index contributed by atoms with van der Waals surface area (Å²) in [4.78, 5) is 0. The van der Waals surface area contributed by atoms with Crippen molar-refractivity contribution in [2.24, 2.45) is 0 Å². The third kappa shape index (κ3) is 0.675. The molecular formula is C5H7NO2. The number of hydrogen-bond acceptors (Lipinski definition) is 3. The summed E-state index contributed by atoms with van der Waals surface area (Å²) in [5.41, 5.74) is 5.87. The third-order valence-corrected chi connectivity index (χ3v) is 0.951. The highest BCUT2D eigenvalue weighted by molar-refractivity contribution is 5.34. The first-order valence-corrected chi connectivity index (χ1v) is 2.27. The lowest BCUT2D eigenvalue weighted by molar-refractivity contribution is 0.282. The van der Waals surface area contributed by atoms with Gasteiger partial charge in [-0.25, -0.2) is 0 Å². The highest BCUT2D eigenvalue weighted by Gasteiger charge is 1.96. The molecule has 0 saturated heterocycles. The Morgan fingerprint density at radius 2 is 2.50 bits per heavy atom. The molecule has 0 aliphatic heterocycles. The summed E-state index contributed by atoms with van der Waals surface area (Å²) in [6, 6.07) is 1.63. The molecule has 0 bridgehead atoms. The Kier molecular flexibility index (Phi) is 1.22. The molecule has 3 heteroatoms. The van der Waals surface area contributed by atoms with Gasteiger partial charge in [-0.15, -0.1) is 0 Å². The van der Waals surface area contributed by atoms with E-state index < -0.39 is 0 Å². The minimum Gasteiger partial charge on any atom is -0.449 e. The van der Waals surface area contributed by atoms with Crippen LogP contribution < -0.4 is 5.73 Å². The van der Waals surface area contributed by atoms with Crippen molar-refractivity contribution in [1.29, 1.82) is 0 Å². The van der Waals surface area contributed by atoms with E-state index >= 15 is 0 Å². The van der Waals surface area contributed by atoms with E-state index in [1.165, 1.54) is 6.26 Å². The minimum atomic E-state index is -0.0532. The van der Waals surface area contributed by atoms with Crippen LogP contribution >= 0.6 is 0 Å². The average molecular weight is 113 g/mol. The van der Waals surface area contributed by atoms with Crippen LogP contribution in [0.3, 0.4) is 0 Å². The smallest absolute Gasteiger partial charge is 0.195 e. The maximum atomic E-state index is 8.47. The molecular weight excluding hydrogens is 106 g/mol. The third-order valence-electron chi connectivity index (χ3n) is 0.951. The van der Waals surface area contributed by atoms with Crippen LogP contribution in [-0.2, 0) is 6.61 Å². The Bertz CT molecular complexity index is 171. The quantitative estimate of drug-likeness (QED) is 0.552. The summed E-state index contributed by atoms with van der Waals surface area (Å²) in [5, 5.41) is 8.47. The summed E-state index contributed by atoms with van der Waals surface area (Å²) in [6.07, 6.45) is 1.45. The maximum Gasteiger partial charge on any atom is 0.195 e. The largest absolute Gasteiger partial charge is 0.449 e. The molecule has 0 saturated carbocycles. The molecule has 0 atom stereocenters. The van der Waals surface area contributed by atoms with Crippen molar-refractivity contribution >= 4 is 5.88 Å². The summed E-state index contributed by atoms with van der Waals surface area (Å²) in [6.45, 7) is -0.0532. The van der Waals surface area contributed by atoms with Gasteiger partial charge in [0.1, 0.15) is 0 Å². The van der Waals surface area contributed by atoms with Crippen molar-refractivity contribution in [3.05, 3.63) is 17.9 Å². The molecule has 1 aromatic heterocycles. The van der Waals surface area contributed by atoms with Crippen molar-refractivity contribution in [3.63, 3.8) is 0 Å². The number of rotatable bonds is 1. The fraction of sp³-hybridized carbons (Fsp3) is 0.200. The molecule has 1 heterocycles. The van der Waals surface area contributed by atoms with E-state index in [0.29, 0.717) is 11.4 Å². The van der Waals surface area contributed by atoms with Crippen LogP contribution in [0, 0.1) is 0 Å². The highest BCUT2D eigenvalue weighted by atomic mass is 16.3. The number of anilines is 1. The zero-order chi connectivity index (χ0) is 5.98. The van der Waals surface area contributed by atoms with Gasteiger partial charge in [-0.05, 0) is 6.07 Å².